The van der Waals surface area contributed by atoms with E-state index < -0.39 is 19.3 Å². The van der Waals surface area contributed by atoms with Gasteiger partial charge in [-0.15, -0.1) is 15.5 Å². The molecule has 16 heavy (non-hydrogen) atoms. The van der Waals surface area contributed by atoms with E-state index in [1.54, 1.807) is 26.0 Å². The maximum Gasteiger partial charge on any atom is 0.538 e. The Morgan fingerprint density at radius 1 is 1.38 bits per heavy atom. The zero-order valence-corrected chi connectivity index (χ0v) is 14.0. The first-order valence-electron chi connectivity index (χ1n) is 4.65. The normalized spacial score (nSPS) is 10.6. The first-order valence-corrected chi connectivity index (χ1v) is 9.52. The highest BCUT2D eigenvalue weighted by Gasteiger charge is 2.17. The summed E-state index contributed by atoms with van der Waals surface area (Å²) in [5.41, 5.74) is 1.04. The molecule has 0 aliphatic carbocycles. The van der Waals surface area contributed by atoms with Crippen LogP contribution in [0.3, 0.4) is 0 Å². The summed E-state index contributed by atoms with van der Waals surface area (Å²) < 4.78 is 12.8. The minimum atomic E-state index is -0.701. The van der Waals surface area contributed by atoms with Gasteiger partial charge in [-0.25, -0.2) is 0 Å². The van der Waals surface area contributed by atoms with Gasteiger partial charge in [0.15, 0.2) is 6.29 Å². The zero-order valence-electron chi connectivity index (χ0n) is 9.42. The molecule has 86 valence electrons. The van der Waals surface area contributed by atoms with Gasteiger partial charge in [0.25, 0.3) is 0 Å². The van der Waals surface area contributed by atoms with Crippen molar-refractivity contribution >= 4 is 59.7 Å². The second kappa shape index (κ2) is 7.46. The van der Waals surface area contributed by atoms with E-state index in [-0.39, 0.29) is 6.29 Å². The molecule has 1 rings (SSSR count). The Bertz CT molecular complexity index is 361. The van der Waals surface area contributed by atoms with Crippen molar-refractivity contribution in [3.05, 3.63) is 22.2 Å². The van der Waals surface area contributed by atoms with Crippen LogP contribution in [0.15, 0.2) is 21.5 Å². The van der Waals surface area contributed by atoms with Crippen LogP contribution in [0.25, 0.3) is 0 Å². The number of rotatable bonds is 5. The van der Waals surface area contributed by atoms with Gasteiger partial charge >= 0.3 is 19.3 Å². The van der Waals surface area contributed by atoms with Crippen LogP contribution >= 0.6 is 36.8 Å². The topological polar surface area (TPSA) is 18.5 Å². The number of hydrogen-bond acceptors (Lipinski definition) is 3. The minimum Gasteiger partial charge on any atom is -0.352 e. The van der Waals surface area contributed by atoms with Crippen molar-refractivity contribution in [2.24, 2.45) is 0 Å². The molecular weight excluding hydrogens is 324 g/mol. The van der Waals surface area contributed by atoms with Crippen molar-refractivity contribution in [3.63, 3.8) is 0 Å². The van der Waals surface area contributed by atoms with E-state index in [1.165, 1.54) is 3.69 Å². The lowest BCUT2D eigenvalue weighted by Gasteiger charge is -2.19. The minimum absolute atomic E-state index is 0.337. The van der Waals surface area contributed by atoms with Gasteiger partial charge in [0, 0.05) is 29.2 Å². The maximum absolute atomic E-state index is 5.99. The molecule has 2 nitrogen and oxygen atoms in total. The average Bonchev–Trinajstić information content (AvgIpc) is 2.30. The molecule has 0 saturated heterocycles. The Morgan fingerprint density at radius 2 is 2.00 bits per heavy atom. The number of halogens is 2. The molecular formula is C10H12BrClMgO2S. The number of benzene rings is 1. The van der Waals surface area contributed by atoms with E-state index in [0.717, 1.165) is 14.9 Å². The Kier molecular flexibility index (Phi) is 7.03. The van der Waals surface area contributed by atoms with Gasteiger partial charge in [0.05, 0.1) is 0 Å². The third kappa shape index (κ3) is 3.51. The first-order chi connectivity index (χ1) is 7.67. The standard InChI is InChI=1S/C10H12BrO2S.ClH.Mg/c1-12-10(13-2)7-5-4-6-8(11)9(7)14-3;;/h5-6,10H,1-3H3;1H;/q;;+1/p-1. The Hall–Kier alpha value is 1.03. The van der Waals surface area contributed by atoms with E-state index in [0.29, 0.717) is 0 Å². The van der Waals surface area contributed by atoms with Crippen LogP contribution in [-0.4, -0.2) is 39.7 Å². The average molecular weight is 336 g/mol. The second-order valence-electron chi connectivity index (χ2n) is 3.14. The molecule has 6 heteroatoms. The highest BCUT2D eigenvalue weighted by atomic mass is 79.9. The SMILES string of the molecule is COC(OC)c1c[c]([Mg][Cl])cc(Br)c1SC. The predicted octanol–water partition coefficient (Wildman–Crippen LogP) is 2.95. The molecule has 0 amide bonds. The van der Waals surface area contributed by atoms with Crippen molar-refractivity contribution < 1.29 is 9.47 Å². The van der Waals surface area contributed by atoms with Crippen molar-refractivity contribution in [1.82, 2.24) is 0 Å². The molecule has 1 aromatic carbocycles. The third-order valence-corrected chi connectivity index (χ3v) is 5.57. The van der Waals surface area contributed by atoms with Gasteiger partial charge in [-0.2, -0.15) is 0 Å². The summed E-state index contributed by atoms with van der Waals surface area (Å²) >= 11 is 4.52. The molecule has 0 spiro atoms. The summed E-state index contributed by atoms with van der Waals surface area (Å²) in [4.78, 5) is 1.14. The van der Waals surface area contributed by atoms with Gasteiger partial charge in [0.1, 0.15) is 0 Å². The number of methoxy groups -OCH3 is 2. The summed E-state index contributed by atoms with van der Waals surface area (Å²) in [6.45, 7) is 0. The molecule has 0 atom stereocenters. The molecule has 0 unspecified atom stereocenters. The highest BCUT2D eigenvalue weighted by Crippen LogP contribution is 2.33. The van der Waals surface area contributed by atoms with Crippen LogP contribution in [-0.2, 0) is 9.47 Å². The molecule has 0 bridgehead atoms. The van der Waals surface area contributed by atoms with Gasteiger partial charge in [-0.3, -0.25) is 0 Å². The molecule has 0 aromatic heterocycles. The zero-order chi connectivity index (χ0) is 12.1. The van der Waals surface area contributed by atoms with Crippen molar-refractivity contribution in [2.75, 3.05) is 20.5 Å². The monoisotopic (exact) mass is 334 g/mol. The first kappa shape index (κ1) is 15.1. The van der Waals surface area contributed by atoms with Crippen molar-refractivity contribution in [3.8, 4) is 0 Å². The van der Waals surface area contributed by atoms with Crippen molar-refractivity contribution in [2.45, 2.75) is 11.2 Å². The van der Waals surface area contributed by atoms with E-state index in [4.69, 9.17) is 18.5 Å². The Morgan fingerprint density at radius 3 is 2.44 bits per heavy atom. The molecule has 0 aliphatic rings. The predicted molar refractivity (Wildman–Crippen MR) is 73.9 cm³/mol. The van der Waals surface area contributed by atoms with Gasteiger partial charge in [-0.1, -0.05) is 12.1 Å². The number of hydrogen-bond donors (Lipinski definition) is 0. The molecule has 0 fully saturated rings. The van der Waals surface area contributed by atoms with Gasteiger partial charge in [0.2, 0.25) is 0 Å². The van der Waals surface area contributed by atoms with E-state index in [9.17, 15) is 0 Å². The lowest BCUT2D eigenvalue weighted by atomic mass is 10.2. The fourth-order valence-corrected chi connectivity index (χ4v) is 4.48. The largest absolute Gasteiger partial charge is 0.538 e. The third-order valence-electron chi connectivity index (χ3n) is 2.17. The highest BCUT2D eigenvalue weighted by molar-refractivity contribution is 9.10. The van der Waals surface area contributed by atoms with Crippen LogP contribution in [0.5, 0.6) is 0 Å². The molecule has 0 radical (unpaired) electrons. The van der Waals surface area contributed by atoms with Crippen LogP contribution < -0.4 is 3.69 Å². The summed E-state index contributed by atoms with van der Waals surface area (Å²) in [5.74, 6) is 0. The van der Waals surface area contributed by atoms with E-state index >= 15 is 0 Å². The smallest absolute Gasteiger partial charge is 0.352 e. The number of ether oxygens (including phenoxy) is 2. The summed E-state index contributed by atoms with van der Waals surface area (Å²) in [7, 11) is 9.26. The molecule has 1 aromatic rings. The molecule has 0 heterocycles. The lowest BCUT2D eigenvalue weighted by Crippen LogP contribution is -2.14. The fraction of sp³-hybridized carbons (Fsp3) is 0.400. The summed E-state index contributed by atoms with van der Waals surface area (Å²) in [6.07, 6.45) is 1.69. The van der Waals surface area contributed by atoms with Gasteiger partial charge < -0.3 is 18.5 Å². The molecule has 0 N–H and O–H groups in total. The van der Waals surface area contributed by atoms with Crippen LogP contribution in [0.1, 0.15) is 11.9 Å². The fourth-order valence-electron chi connectivity index (χ4n) is 1.49. The van der Waals surface area contributed by atoms with Crippen LogP contribution in [0.4, 0.5) is 0 Å². The van der Waals surface area contributed by atoms with Gasteiger partial charge in [-0.05, 0) is 22.2 Å². The molecule has 0 aliphatic heterocycles. The van der Waals surface area contributed by atoms with E-state index in [1.807, 2.05) is 6.26 Å². The van der Waals surface area contributed by atoms with E-state index in [2.05, 4.69) is 28.1 Å². The quantitative estimate of drug-likeness (QED) is 0.468. The second-order valence-corrected chi connectivity index (χ2v) is 6.69. The number of thioether (sulfide) groups is 1. The van der Waals surface area contributed by atoms with Crippen LogP contribution in [0.2, 0.25) is 0 Å². The molecule has 0 saturated carbocycles. The van der Waals surface area contributed by atoms with Crippen LogP contribution in [0, 0.1) is 0 Å². The van der Waals surface area contributed by atoms with Crippen molar-refractivity contribution in [1.29, 1.82) is 0 Å². The summed E-state index contributed by atoms with van der Waals surface area (Å²) in [6, 6.07) is 4.16. The lowest BCUT2D eigenvalue weighted by molar-refractivity contribution is -0.107. The Balaban J connectivity index is 3.26. The Labute approximate surface area is 122 Å². The summed E-state index contributed by atoms with van der Waals surface area (Å²) in [5, 5.41) is 0. The maximum atomic E-state index is 5.99.